The molecule has 5 aliphatic carbocycles. The fraction of sp³-hybridized carbons (Fsp3) is 0.717. The second-order valence-electron chi connectivity index (χ2n) is 20.8. The Balaban J connectivity index is 1.22. The van der Waals surface area contributed by atoms with Crippen LogP contribution >= 0.6 is 11.6 Å². The Labute approximate surface area is 343 Å². The van der Waals surface area contributed by atoms with Gasteiger partial charge >= 0.3 is 11.9 Å². The van der Waals surface area contributed by atoms with E-state index in [4.69, 9.17) is 22.1 Å². The number of carboxylic acids is 1. The van der Waals surface area contributed by atoms with E-state index in [0.29, 0.717) is 48.0 Å². The van der Waals surface area contributed by atoms with Crippen LogP contribution in [0.2, 0.25) is 5.02 Å². The van der Waals surface area contributed by atoms with Gasteiger partial charge in [0.2, 0.25) is 0 Å². The van der Waals surface area contributed by atoms with Crippen molar-refractivity contribution in [2.45, 2.75) is 145 Å². The van der Waals surface area contributed by atoms with Crippen molar-refractivity contribution in [2.75, 3.05) is 6.54 Å². The lowest BCUT2D eigenvalue weighted by Gasteiger charge is -2.72. The lowest BCUT2D eigenvalue weighted by molar-refractivity contribution is -0.235. The number of aliphatic hydroxyl groups is 1. The van der Waals surface area contributed by atoms with Crippen LogP contribution in [0.15, 0.2) is 35.4 Å². The molecule has 5 aliphatic rings. The first-order chi connectivity index (χ1) is 26.6. The highest BCUT2D eigenvalue weighted by Gasteiger charge is 2.71. The number of rotatable bonds is 10. The zero-order chi connectivity index (χ0) is 41.7. The quantitative estimate of drug-likeness (QED) is 0.199. The molecule has 0 bridgehead atoms. The van der Waals surface area contributed by atoms with Gasteiger partial charge in [-0.2, -0.15) is 0 Å². The van der Waals surface area contributed by atoms with Gasteiger partial charge in [-0.3, -0.25) is 14.4 Å². The monoisotopic (exact) mass is 804 g/mol. The van der Waals surface area contributed by atoms with Crippen LogP contribution in [0, 0.1) is 56.2 Å². The topological polar surface area (TPSA) is 158 Å². The Morgan fingerprint density at radius 3 is 2.28 bits per heavy atom. The number of allylic oxidation sites excluding steroid dienone is 1. The number of nitrogens with zero attached hydrogens (tertiary/aromatic N) is 3. The van der Waals surface area contributed by atoms with Gasteiger partial charge in [0.05, 0.1) is 11.8 Å². The largest absolute Gasteiger partial charge is 0.481 e. The molecule has 4 fully saturated rings. The third-order valence-corrected chi connectivity index (χ3v) is 17.1. The number of Topliss-reactive ketones (excluding diaryl/α,β-unsaturated/α-hetero) is 1. The molecular formula is C46H65ClN4O6. The summed E-state index contributed by atoms with van der Waals surface area (Å²) in [5, 5.41) is 32.3. The van der Waals surface area contributed by atoms with Crippen LogP contribution in [0.1, 0.15) is 138 Å². The van der Waals surface area contributed by atoms with Crippen molar-refractivity contribution in [1.29, 1.82) is 0 Å². The van der Waals surface area contributed by atoms with Gasteiger partial charge in [0, 0.05) is 40.9 Å². The highest BCUT2D eigenvalue weighted by atomic mass is 35.5. The molecule has 0 radical (unpaired) electrons. The van der Waals surface area contributed by atoms with E-state index in [0.717, 1.165) is 56.1 Å². The molecule has 11 heteroatoms. The standard InChI is InChI=1S/C46H65ClN4O6/c1-26(2)35-30(52)24-46(37(54)39-50-49-38(51(39)23-22-48)27-10-12-28(47)13-11-27)21-20-44(8)29(36(35)46)14-15-32-43(7)18-17-33(57-34(53)25-41(3,4)40(55)56)42(5,6)31(43)16-19-45(32,44)9/h10-13,26,29,31-33,37,54H,14-25,48H2,1-9H3,(H,55,56)/t29-,31+,32-,33+,37-,43+,44-,45-,46-/m1/s1. The van der Waals surface area contributed by atoms with Crippen LogP contribution in [0.25, 0.3) is 11.4 Å². The fourth-order valence-corrected chi connectivity index (χ4v) is 13.9. The second kappa shape index (κ2) is 14.3. The molecule has 312 valence electrons. The molecule has 1 aromatic heterocycles. The summed E-state index contributed by atoms with van der Waals surface area (Å²) in [5.41, 5.74) is 6.71. The number of fused-ring (bicyclic) bond motifs is 7. The smallest absolute Gasteiger partial charge is 0.309 e. The van der Waals surface area contributed by atoms with Crippen LogP contribution in [-0.2, 0) is 25.7 Å². The molecule has 4 N–H and O–H groups in total. The number of ketones is 1. The number of carbonyl (C=O) groups excluding carboxylic acids is 2. The summed E-state index contributed by atoms with van der Waals surface area (Å²) in [6.45, 7) is 20.2. The van der Waals surface area contributed by atoms with Gasteiger partial charge in [-0.15, -0.1) is 10.2 Å². The van der Waals surface area contributed by atoms with Crippen LogP contribution in [0.4, 0.5) is 0 Å². The van der Waals surface area contributed by atoms with E-state index in [-0.39, 0.29) is 58.2 Å². The third-order valence-electron chi connectivity index (χ3n) is 16.9. The summed E-state index contributed by atoms with van der Waals surface area (Å²) in [6, 6.07) is 7.44. The van der Waals surface area contributed by atoms with Crippen LogP contribution < -0.4 is 5.73 Å². The minimum absolute atomic E-state index is 0.0131. The Bertz CT molecular complexity index is 1970. The minimum Gasteiger partial charge on any atom is -0.481 e. The molecule has 0 saturated heterocycles. The molecule has 0 aliphatic heterocycles. The molecule has 0 unspecified atom stereocenters. The molecule has 7 rings (SSSR count). The summed E-state index contributed by atoms with van der Waals surface area (Å²) < 4.78 is 8.12. The first-order valence-corrected chi connectivity index (χ1v) is 21.7. The SMILES string of the molecule is CC(C)C1=C2[C@H]3CC[C@@H]4[C@@]5(C)CC[C@H](OC(=O)CC(C)(C)C(=O)O)C(C)(C)[C@@H]5CC[C@@]4(C)[C@]3(C)CC[C@@]2([C@H](O)c2nnc(-c3ccc(Cl)cc3)n2CCN)CC1=O. The van der Waals surface area contributed by atoms with Gasteiger partial charge in [0.15, 0.2) is 17.4 Å². The molecule has 10 nitrogen and oxygen atoms in total. The van der Waals surface area contributed by atoms with Gasteiger partial charge in [-0.05, 0) is 141 Å². The van der Waals surface area contributed by atoms with Crippen molar-refractivity contribution >= 4 is 29.3 Å². The molecule has 4 saturated carbocycles. The van der Waals surface area contributed by atoms with E-state index in [2.05, 4.69) is 58.7 Å². The van der Waals surface area contributed by atoms with E-state index in [1.807, 2.05) is 28.8 Å². The molecule has 0 spiro atoms. The van der Waals surface area contributed by atoms with Crippen molar-refractivity contribution in [3.8, 4) is 11.4 Å². The number of aromatic nitrogens is 3. The van der Waals surface area contributed by atoms with Gasteiger partial charge in [-0.1, -0.05) is 60.1 Å². The van der Waals surface area contributed by atoms with Gasteiger partial charge in [-0.25, -0.2) is 0 Å². The highest BCUT2D eigenvalue weighted by Crippen LogP contribution is 2.77. The highest BCUT2D eigenvalue weighted by molar-refractivity contribution is 6.30. The van der Waals surface area contributed by atoms with Gasteiger partial charge in [0.1, 0.15) is 12.2 Å². The Kier molecular flexibility index (Phi) is 10.5. The number of nitrogens with two attached hydrogens (primary N) is 1. The van der Waals surface area contributed by atoms with E-state index in [9.17, 15) is 24.6 Å². The molecule has 2 aromatic rings. The van der Waals surface area contributed by atoms with Crippen molar-refractivity contribution in [3.63, 3.8) is 0 Å². The van der Waals surface area contributed by atoms with E-state index >= 15 is 0 Å². The predicted octanol–water partition coefficient (Wildman–Crippen LogP) is 8.98. The first kappa shape index (κ1) is 42.1. The zero-order valence-corrected chi connectivity index (χ0v) is 36.3. The number of aliphatic carboxylic acids is 1. The number of ether oxygens (including phenoxy) is 1. The summed E-state index contributed by atoms with van der Waals surface area (Å²) in [4.78, 5) is 39.3. The Morgan fingerprint density at radius 1 is 0.965 bits per heavy atom. The van der Waals surface area contributed by atoms with E-state index < -0.39 is 28.9 Å². The molecule has 1 heterocycles. The summed E-state index contributed by atoms with van der Waals surface area (Å²) in [7, 11) is 0. The number of halogens is 1. The summed E-state index contributed by atoms with van der Waals surface area (Å²) in [6.07, 6.45) is 6.09. The molecule has 9 atom stereocenters. The number of hydrogen-bond donors (Lipinski definition) is 3. The fourth-order valence-electron chi connectivity index (χ4n) is 13.8. The first-order valence-electron chi connectivity index (χ1n) is 21.4. The number of benzene rings is 1. The van der Waals surface area contributed by atoms with Crippen molar-refractivity contribution < 1.29 is 29.3 Å². The van der Waals surface area contributed by atoms with Crippen molar-refractivity contribution in [2.24, 2.45) is 61.9 Å². The average molecular weight is 806 g/mol. The minimum atomic E-state index is -1.18. The Hall–Kier alpha value is -3.08. The van der Waals surface area contributed by atoms with E-state index in [1.54, 1.807) is 13.8 Å². The molecule has 0 amide bonds. The van der Waals surface area contributed by atoms with Gasteiger partial charge < -0.3 is 25.3 Å². The predicted molar refractivity (Wildman–Crippen MR) is 220 cm³/mol. The number of carboxylic acid groups (broad SMARTS) is 1. The third kappa shape index (κ3) is 6.27. The summed E-state index contributed by atoms with van der Waals surface area (Å²) in [5.74, 6) is 0.707. The number of aliphatic hydroxyl groups excluding tert-OH is 1. The number of hydrogen-bond acceptors (Lipinski definition) is 8. The zero-order valence-electron chi connectivity index (χ0n) is 35.6. The lowest BCUT2D eigenvalue weighted by atomic mass is 9.33. The lowest BCUT2D eigenvalue weighted by Crippen LogP contribution is -2.66. The number of esters is 1. The molecular weight excluding hydrogens is 740 g/mol. The average Bonchev–Trinajstić information content (AvgIpc) is 3.68. The number of carbonyl (C=O) groups is 3. The van der Waals surface area contributed by atoms with Crippen molar-refractivity contribution in [1.82, 2.24) is 14.8 Å². The molecule has 1 aromatic carbocycles. The van der Waals surface area contributed by atoms with Gasteiger partial charge in [0.25, 0.3) is 0 Å². The van der Waals surface area contributed by atoms with Crippen molar-refractivity contribution in [3.05, 3.63) is 46.3 Å². The summed E-state index contributed by atoms with van der Waals surface area (Å²) >= 11 is 6.22. The maximum absolute atomic E-state index is 14.4. The normalized spacial score (nSPS) is 35.3. The van der Waals surface area contributed by atoms with Crippen LogP contribution in [-0.4, -0.2) is 55.3 Å². The van der Waals surface area contributed by atoms with Crippen LogP contribution in [0.5, 0.6) is 0 Å². The van der Waals surface area contributed by atoms with E-state index in [1.165, 1.54) is 5.57 Å². The Morgan fingerprint density at radius 2 is 1.65 bits per heavy atom. The molecule has 57 heavy (non-hydrogen) atoms. The maximum Gasteiger partial charge on any atom is 0.309 e. The second-order valence-corrected chi connectivity index (χ2v) is 21.2. The maximum atomic E-state index is 14.4. The van der Waals surface area contributed by atoms with Crippen LogP contribution in [0.3, 0.4) is 0 Å².